The first-order valence-corrected chi connectivity index (χ1v) is 16.8. The Morgan fingerprint density at radius 2 is 1.62 bits per heavy atom. The molecule has 2 aromatic rings. The number of likely N-dealkylation sites (tertiary alicyclic amines) is 3. The fourth-order valence-corrected chi connectivity index (χ4v) is 7.68. The lowest BCUT2D eigenvalue weighted by molar-refractivity contribution is -0.142. The number of amides is 4. The van der Waals surface area contributed by atoms with Gasteiger partial charge in [0.1, 0.15) is 0 Å². The molecule has 3 fully saturated rings. The summed E-state index contributed by atoms with van der Waals surface area (Å²) in [6.07, 6.45) is 5.20. The zero-order chi connectivity index (χ0) is 31.5. The van der Waals surface area contributed by atoms with Gasteiger partial charge in [-0.05, 0) is 93.8 Å². The number of piperidine rings is 2. The smallest absolute Gasteiger partial charge is 0.410 e. The van der Waals surface area contributed by atoms with Crippen molar-refractivity contribution >= 4 is 41.0 Å². The van der Waals surface area contributed by atoms with Crippen molar-refractivity contribution in [2.75, 3.05) is 56.9 Å². The fraction of sp³-hybridized carbons (Fsp3) is 0.559. The summed E-state index contributed by atoms with van der Waals surface area (Å²) in [5.41, 5.74) is 10.2. The number of halogens is 1. The highest BCUT2D eigenvalue weighted by Crippen LogP contribution is 2.28. The van der Waals surface area contributed by atoms with E-state index < -0.39 is 12.2 Å². The third kappa shape index (κ3) is 7.17. The molecule has 0 bridgehead atoms. The molecule has 4 aliphatic rings. The molecule has 6 rings (SSSR count). The third-order valence-electron chi connectivity index (χ3n) is 10.1. The Bertz CT molecular complexity index is 1380. The maximum atomic E-state index is 13.9. The number of rotatable bonds is 6. The van der Waals surface area contributed by atoms with Crippen molar-refractivity contribution in [2.45, 2.75) is 76.5 Å². The molecule has 0 saturated carbocycles. The van der Waals surface area contributed by atoms with E-state index in [1.165, 1.54) is 12.8 Å². The molecule has 4 heterocycles. The van der Waals surface area contributed by atoms with Crippen LogP contribution in [0.15, 0.2) is 36.4 Å². The molecule has 0 aromatic heterocycles. The van der Waals surface area contributed by atoms with Gasteiger partial charge in [-0.3, -0.25) is 4.79 Å². The average molecular weight is 637 g/mol. The summed E-state index contributed by atoms with van der Waals surface area (Å²) in [6, 6.07) is 12.0. The highest BCUT2D eigenvalue weighted by Gasteiger charge is 2.36. The summed E-state index contributed by atoms with van der Waals surface area (Å²) < 4.78 is 6.03. The van der Waals surface area contributed by atoms with Crippen LogP contribution in [-0.2, 0) is 22.4 Å². The molecule has 10 nitrogen and oxygen atoms in total. The van der Waals surface area contributed by atoms with Gasteiger partial charge in [0.05, 0.1) is 10.7 Å². The average Bonchev–Trinajstić information content (AvgIpc) is 3.53. The van der Waals surface area contributed by atoms with E-state index in [0.29, 0.717) is 62.3 Å². The summed E-state index contributed by atoms with van der Waals surface area (Å²) >= 11 is 6.39. The van der Waals surface area contributed by atoms with Crippen molar-refractivity contribution in [1.29, 1.82) is 0 Å². The number of nitrogens with one attached hydrogen (secondary N) is 1. The summed E-state index contributed by atoms with van der Waals surface area (Å²) in [5, 5.41) is 3.47. The third-order valence-corrected chi connectivity index (χ3v) is 10.4. The topological polar surface area (TPSA) is 111 Å². The lowest BCUT2D eigenvalue weighted by Crippen LogP contribution is -2.52. The van der Waals surface area contributed by atoms with E-state index in [2.05, 4.69) is 10.2 Å². The normalized spacial score (nSPS) is 20.8. The molecule has 0 unspecified atom stereocenters. The molecule has 2 aromatic carbocycles. The van der Waals surface area contributed by atoms with E-state index >= 15 is 0 Å². The molecule has 11 heteroatoms. The number of benzene rings is 2. The number of urea groups is 1. The Hall–Kier alpha value is -3.50. The van der Waals surface area contributed by atoms with Gasteiger partial charge in [0.25, 0.3) is 5.91 Å². The van der Waals surface area contributed by atoms with E-state index in [0.717, 1.165) is 54.7 Å². The quantitative estimate of drug-likeness (QED) is 0.436. The van der Waals surface area contributed by atoms with Crippen molar-refractivity contribution in [3.63, 3.8) is 0 Å². The second-order valence-corrected chi connectivity index (χ2v) is 13.3. The van der Waals surface area contributed by atoms with Gasteiger partial charge in [0, 0.05) is 56.9 Å². The van der Waals surface area contributed by atoms with Crippen LogP contribution in [0.25, 0.3) is 0 Å². The van der Waals surface area contributed by atoms with Crippen molar-refractivity contribution in [1.82, 2.24) is 19.6 Å². The van der Waals surface area contributed by atoms with Crippen LogP contribution in [0, 0.1) is 6.92 Å². The van der Waals surface area contributed by atoms with E-state index in [1.54, 1.807) is 11.0 Å². The zero-order valence-electron chi connectivity index (χ0n) is 26.2. The fourth-order valence-electron chi connectivity index (χ4n) is 7.39. The zero-order valence-corrected chi connectivity index (χ0v) is 26.9. The monoisotopic (exact) mass is 636 g/mol. The molecule has 0 radical (unpaired) electrons. The second kappa shape index (κ2) is 13.9. The van der Waals surface area contributed by atoms with Gasteiger partial charge in [-0.15, -0.1) is 0 Å². The minimum Gasteiger partial charge on any atom is -0.436 e. The van der Waals surface area contributed by atoms with Crippen LogP contribution in [0.4, 0.5) is 21.0 Å². The first-order valence-electron chi connectivity index (χ1n) is 16.4. The van der Waals surface area contributed by atoms with E-state index in [4.69, 9.17) is 22.1 Å². The number of nitrogen functional groups attached to an aromatic ring is 1. The van der Waals surface area contributed by atoms with E-state index in [1.807, 2.05) is 47.1 Å². The van der Waals surface area contributed by atoms with Crippen LogP contribution < -0.4 is 11.1 Å². The van der Waals surface area contributed by atoms with Gasteiger partial charge >= 0.3 is 12.1 Å². The number of nitrogens with zero attached hydrogens (tertiary/aromatic N) is 4. The van der Waals surface area contributed by atoms with E-state index in [9.17, 15) is 14.4 Å². The van der Waals surface area contributed by atoms with Crippen LogP contribution in [0.1, 0.15) is 55.2 Å². The highest BCUT2D eigenvalue weighted by atomic mass is 35.5. The minimum atomic E-state index is -0.965. The molecule has 1 atom stereocenters. The standard InChI is InChI=1S/C34H45ClN6O4/c1-23-20-24(21-28(35)31(23)36)22-30(32(42)39-15-9-26(10-16-39)38-13-4-5-14-38)45-34(44)40-17-11-27(12-18-40)41-19-8-25-6-2-3-7-29(25)37-33(41)43/h2-3,6-7,20-21,26-27,30H,4-5,8-19,22,36H2,1H3,(H,37,43)/t30-/m1/s1. The van der Waals surface area contributed by atoms with Crippen LogP contribution in [-0.4, -0.2) is 102 Å². The maximum Gasteiger partial charge on any atom is 0.410 e. The molecular weight excluding hydrogens is 592 g/mol. The minimum absolute atomic E-state index is 0.0255. The predicted octanol–water partition coefficient (Wildman–Crippen LogP) is 4.92. The number of carbonyl (C=O) groups is 3. The number of hydrogen-bond donors (Lipinski definition) is 2. The second-order valence-electron chi connectivity index (χ2n) is 12.9. The number of carbonyl (C=O) groups excluding carboxylic acids is 3. The molecule has 3 N–H and O–H groups in total. The molecule has 4 amide bonds. The molecule has 0 aliphatic carbocycles. The predicted molar refractivity (Wildman–Crippen MR) is 175 cm³/mol. The number of aryl methyl sites for hydroxylation is 1. The van der Waals surface area contributed by atoms with Crippen molar-refractivity contribution in [2.24, 2.45) is 0 Å². The van der Waals surface area contributed by atoms with Crippen LogP contribution >= 0.6 is 11.6 Å². The maximum absolute atomic E-state index is 13.9. The summed E-state index contributed by atoms with van der Waals surface area (Å²) in [6.45, 7) is 7.01. The molecule has 242 valence electrons. The Labute approximate surface area is 270 Å². The summed E-state index contributed by atoms with van der Waals surface area (Å²) in [7, 11) is 0. The number of fused-ring (bicyclic) bond motifs is 1. The highest BCUT2D eigenvalue weighted by molar-refractivity contribution is 6.33. The number of anilines is 2. The number of nitrogens with two attached hydrogens (primary N) is 1. The van der Waals surface area contributed by atoms with Gasteiger partial charge in [0.15, 0.2) is 6.10 Å². The summed E-state index contributed by atoms with van der Waals surface area (Å²) in [4.78, 5) is 48.5. The van der Waals surface area contributed by atoms with Gasteiger partial charge in [-0.25, -0.2) is 9.59 Å². The van der Waals surface area contributed by atoms with E-state index in [-0.39, 0.29) is 24.4 Å². The molecule has 0 spiro atoms. The first kappa shape index (κ1) is 31.5. The SMILES string of the molecule is Cc1cc(C[C@@H](OC(=O)N2CCC(N3CCc4ccccc4NC3=O)CC2)C(=O)N2CCC(N3CCCC3)CC2)cc(Cl)c1N. The van der Waals surface area contributed by atoms with Gasteiger partial charge in [0.2, 0.25) is 0 Å². The number of hydrogen-bond acceptors (Lipinski definition) is 6. The van der Waals surface area contributed by atoms with Crippen LogP contribution in [0.5, 0.6) is 0 Å². The van der Waals surface area contributed by atoms with Crippen molar-refractivity contribution in [3.8, 4) is 0 Å². The van der Waals surface area contributed by atoms with Gasteiger partial charge < -0.3 is 35.4 Å². The molecule has 3 saturated heterocycles. The molecule has 45 heavy (non-hydrogen) atoms. The Morgan fingerprint density at radius 1 is 0.956 bits per heavy atom. The van der Waals surface area contributed by atoms with Crippen molar-refractivity contribution < 1.29 is 19.1 Å². The number of ether oxygens (including phenoxy) is 1. The largest absolute Gasteiger partial charge is 0.436 e. The first-order chi connectivity index (χ1) is 21.8. The lowest BCUT2D eigenvalue weighted by Gasteiger charge is -2.39. The lowest BCUT2D eigenvalue weighted by atomic mass is 10.0. The molecule has 4 aliphatic heterocycles. The summed E-state index contributed by atoms with van der Waals surface area (Å²) in [5.74, 6) is -0.162. The van der Waals surface area contributed by atoms with Crippen LogP contribution in [0.3, 0.4) is 0 Å². The van der Waals surface area contributed by atoms with Gasteiger partial charge in [-0.2, -0.15) is 0 Å². The Kier molecular flexibility index (Phi) is 9.70. The Balaban J connectivity index is 1.09. The van der Waals surface area contributed by atoms with Crippen molar-refractivity contribution in [3.05, 3.63) is 58.1 Å². The van der Waals surface area contributed by atoms with Gasteiger partial charge in [-0.1, -0.05) is 35.9 Å². The molecular formula is C34H45ClN6O4. The number of para-hydroxylation sites is 1. The Morgan fingerprint density at radius 3 is 2.33 bits per heavy atom. The van der Waals surface area contributed by atoms with Crippen LogP contribution in [0.2, 0.25) is 5.02 Å².